The fourth-order valence-corrected chi connectivity index (χ4v) is 4.27. The molecule has 0 bridgehead atoms. The third kappa shape index (κ3) is 4.99. The number of amides is 2. The summed E-state index contributed by atoms with van der Waals surface area (Å²) < 4.78 is 13.1. The molecular formula is C24H27FN4O2. The fraction of sp³-hybridized carbons (Fsp3) is 0.375. The van der Waals surface area contributed by atoms with Gasteiger partial charge in [-0.25, -0.2) is 9.40 Å². The van der Waals surface area contributed by atoms with E-state index in [0.717, 1.165) is 43.6 Å². The van der Waals surface area contributed by atoms with Gasteiger partial charge in [0, 0.05) is 38.3 Å². The summed E-state index contributed by atoms with van der Waals surface area (Å²) in [6.07, 6.45) is 3.79. The Morgan fingerprint density at radius 3 is 2.55 bits per heavy atom. The lowest BCUT2D eigenvalue weighted by atomic mass is 9.96. The molecule has 0 saturated carbocycles. The Labute approximate surface area is 181 Å². The summed E-state index contributed by atoms with van der Waals surface area (Å²) in [4.78, 5) is 28.7. The zero-order chi connectivity index (χ0) is 21.8. The predicted octanol–water partition coefficient (Wildman–Crippen LogP) is 3.53. The highest BCUT2D eigenvalue weighted by Gasteiger charge is 2.29. The van der Waals surface area contributed by atoms with Crippen LogP contribution in [0.4, 0.5) is 10.1 Å². The molecule has 0 atom stereocenters. The van der Waals surface area contributed by atoms with Gasteiger partial charge in [-0.3, -0.25) is 14.5 Å². The number of fused-ring (bicyclic) bond motifs is 1. The van der Waals surface area contributed by atoms with E-state index < -0.39 is 0 Å². The van der Waals surface area contributed by atoms with Crippen molar-refractivity contribution in [2.24, 2.45) is 11.0 Å². The van der Waals surface area contributed by atoms with Crippen LogP contribution in [0.1, 0.15) is 35.7 Å². The summed E-state index contributed by atoms with van der Waals surface area (Å²) in [6.45, 7) is 5.46. The van der Waals surface area contributed by atoms with Gasteiger partial charge in [0.2, 0.25) is 5.91 Å². The lowest BCUT2D eigenvalue weighted by Crippen LogP contribution is -2.39. The first-order chi connectivity index (χ1) is 15.0. The summed E-state index contributed by atoms with van der Waals surface area (Å²) in [5.74, 6) is 0.0751. The van der Waals surface area contributed by atoms with E-state index in [1.165, 1.54) is 36.2 Å². The van der Waals surface area contributed by atoms with E-state index >= 15 is 0 Å². The van der Waals surface area contributed by atoms with E-state index in [9.17, 15) is 14.0 Å². The molecule has 2 aromatic rings. The number of likely N-dealkylation sites (tertiary alicyclic amines) is 1. The molecule has 0 aliphatic carbocycles. The molecule has 2 aliphatic rings. The minimum Gasteiger partial charge on any atom is -0.334 e. The molecule has 0 N–H and O–H groups in total. The molecule has 2 aliphatic heterocycles. The summed E-state index contributed by atoms with van der Waals surface area (Å²) >= 11 is 0. The number of carbonyl (C=O) groups is 2. The van der Waals surface area contributed by atoms with Crippen LogP contribution in [-0.4, -0.2) is 54.0 Å². The smallest absolute Gasteiger partial charge is 0.254 e. The zero-order valence-corrected chi connectivity index (χ0v) is 17.7. The molecule has 162 valence electrons. The molecule has 2 heterocycles. The summed E-state index contributed by atoms with van der Waals surface area (Å²) in [7, 11) is 0. The van der Waals surface area contributed by atoms with Crippen LogP contribution >= 0.6 is 0 Å². The van der Waals surface area contributed by atoms with Gasteiger partial charge < -0.3 is 4.90 Å². The van der Waals surface area contributed by atoms with Crippen LogP contribution in [-0.2, 0) is 11.3 Å². The quantitative estimate of drug-likeness (QED) is 0.529. The molecule has 0 radical (unpaired) electrons. The van der Waals surface area contributed by atoms with Crippen LogP contribution in [0.25, 0.3) is 0 Å². The van der Waals surface area contributed by atoms with Crippen LogP contribution in [0.15, 0.2) is 53.6 Å². The number of piperidine rings is 1. The third-order valence-corrected chi connectivity index (χ3v) is 5.99. The van der Waals surface area contributed by atoms with Gasteiger partial charge in [-0.2, -0.15) is 5.10 Å². The molecule has 0 unspecified atom stereocenters. The van der Waals surface area contributed by atoms with Gasteiger partial charge in [0.05, 0.1) is 5.69 Å². The Balaban J connectivity index is 1.25. The highest BCUT2D eigenvalue weighted by atomic mass is 19.1. The monoisotopic (exact) mass is 422 g/mol. The SMILES string of the molecule is CC(=O)N(/N=C\CN1CCC(CN2Cc3ccccc3C2=O)CC1)c1ccc(F)cc1. The number of hydrogen-bond donors (Lipinski definition) is 0. The number of rotatable bonds is 6. The molecule has 31 heavy (non-hydrogen) atoms. The Hall–Kier alpha value is -3.06. The maximum Gasteiger partial charge on any atom is 0.254 e. The number of benzene rings is 2. The van der Waals surface area contributed by atoms with E-state index in [2.05, 4.69) is 10.0 Å². The normalized spacial score (nSPS) is 17.4. The predicted molar refractivity (Wildman–Crippen MR) is 118 cm³/mol. The van der Waals surface area contributed by atoms with Gasteiger partial charge in [0.1, 0.15) is 5.82 Å². The summed E-state index contributed by atoms with van der Waals surface area (Å²) in [5.41, 5.74) is 2.50. The first kappa shape index (κ1) is 21.2. The zero-order valence-electron chi connectivity index (χ0n) is 17.7. The van der Waals surface area contributed by atoms with Crippen LogP contribution in [0, 0.1) is 11.7 Å². The van der Waals surface area contributed by atoms with Crippen molar-refractivity contribution in [2.75, 3.05) is 31.2 Å². The molecule has 2 amide bonds. The molecule has 1 fully saturated rings. The molecule has 2 aromatic carbocycles. The molecular weight excluding hydrogens is 395 g/mol. The van der Waals surface area contributed by atoms with Crippen molar-refractivity contribution in [3.8, 4) is 0 Å². The molecule has 4 rings (SSSR count). The van der Waals surface area contributed by atoms with Crippen LogP contribution in [0.2, 0.25) is 0 Å². The summed E-state index contributed by atoms with van der Waals surface area (Å²) in [5, 5.41) is 5.57. The molecule has 0 spiro atoms. The second-order valence-corrected chi connectivity index (χ2v) is 8.19. The Kier molecular flexibility index (Phi) is 6.42. The lowest BCUT2D eigenvalue weighted by Gasteiger charge is -2.33. The number of halogens is 1. The first-order valence-corrected chi connectivity index (χ1v) is 10.7. The number of nitrogens with zero attached hydrogens (tertiary/aromatic N) is 4. The van der Waals surface area contributed by atoms with Gasteiger partial charge in [0.25, 0.3) is 5.91 Å². The van der Waals surface area contributed by atoms with Crippen molar-refractivity contribution in [2.45, 2.75) is 26.3 Å². The van der Waals surface area contributed by atoms with Gasteiger partial charge >= 0.3 is 0 Å². The van der Waals surface area contributed by atoms with E-state index in [4.69, 9.17) is 0 Å². The van der Waals surface area contributed by atoms with Gasteiger partial charge in [-0.15, -0.1) is 0 Å². The largest absolute Gasteiger partial charge is 0.334 e. The Morgan fingerprint density at radius 1 is 1.16 bits per heavy atom. The molecule has 1 saturated heterocycles. The van der Waals surface area contributed by atoms with Crippen molar-refractivity contribution in [3.63, 3.8) is 0 Å². The maximum atomic E-state index is 13.1. The number of carbonyl (C=O) groups excluding carboxylic acids is 2. The Morgan fingerprint density at radius 2 is 1.87 bits per heavy atom. The third-order valence-electron chi connectivity index (χ3n) is 5.99. The Bertz CT molecular complexity index is 968. The molecule has 6 nitrogen and oxygen atoms in total. The number of anilines is 1. The van der Waals surface area contributed by atoms with Crippen LogP contribution < -0.4 is 5.01 Å². The van der Waals surface area contributed by atoms with Crippen molar-refractivity contribution in [1.82, 2.24) is 9.80 Å². The lowest BCUT2D eigenvalue weighted by molar-refractivity contribution is -0.116. The summed E-state index contributed by atoms with van der Waals surface area (Å²) in [6, 6.07) is 13.6. The van der Waals surface area contributed by atoms with Gasteiger partial charge in [-0.05, 0) is 67.7 Å². The second-order valence-electron chi connectivity index (χ2n) is 8.19. The van der Waals surface area contributed by atoms with Crippen LogP contribution in [0.3, 0.4) is 0 Å². The fourth-order valence-electron chi connectivity index (χ4n) is 4.27. The van der Waals surface area contributed by atoms with E-state index in [1.54, 1.807) is 6.21 Å². The highest BCUT2D eigenvalue weighted by Crippen LogP contribution is 2.26. The minimum atomic E-state index is -0.349. The average molecular weight is 423 g/mol. The van der Waals surface area contributed by atoms with Gasteiger partial charge in [-0.1, -0.05) is 18.2 Å². The van der Waals surface area contributed by atoms with E-state index in [0.29, 0.717) is 24.7 Å². The standard InChI is InChI=1S/C24H27FN4O2/c1-18(30)29(22-8-6-21(25)7-9-22)26-12-15-27-13-10-19(11-14-27)16-28-17-20-4-2-3-5-23(20)24(28)31/h2-9,12,19H,10-11,13-17H2,1H3/b26-12-. The number of hydrazone groups is 1. The average Bonchev–Trinajstić information content (AvgIpc) is 3.08. The minimum absolute atomic E-state index is 0.148. The maximum absolute atomic E-state index is 13.1. The molecule has 7 heteroatoms. The van der Waals surface area contributed by atoms with Crippen molar-refractivity contribution in [3.05, 3.63) is 65.5 Å². The molecule has 0 aromatic heterocycles. The van der Waals surface area contributed by atoms with Gasteiger partial charge in [0.15, 0.2) is 0 Å². The van der Waals surface area contributed by atoms with Crippen molar-refractivity contribution >= 4 is 23.7 Å². The van der Waals surface area contributed by atoms with Crippen LogP contribution in [0.5, 0.6) is 0 Å². The van der Waals surface area contributed by atoms with Crippen molar-refractivity contribution in [1.29, 1.82) is 0 Å². The second kappa shape index (κ2) is 9.39. The topological polar surface area (TPSA) is 56.2 Å². The first-order valence-electron chi connectivity index (χ1n) is 10.7. The van der Waals surface area contributed by atoms with Crippen molar-refractivity contribution < 1.29 is 14.0 Å². The number of hydrogen-bond acceptors (Lipinski definition) is 4. The van der Waals surface area contributed by atoms with E-state index in [1.807, 2.05) is 29.2 Å². The van der Waals surface area contributed by atoms with E-state index in [-0.39, 0.29) is 17.6 Å². The highest BCUT2D eigenvalue weighted by molar-refractivity contribution is 5.98.